The lowest BCUT2D eigenvalue weighted by Gasteiger charge is -1.83. The number of rotatable bonds is 2. The molecule has 0 saturated carbocycles. The number of carboxylic acids is 1. The van der Waals surface area contributed by atoms with Crippen LogP contribution in [0.4, 0.5) is 0 Å². The third-order valence-electron chi connectivity index (χ3n) is 0.786. The SMILES string of the molecule is O=C(O)Cc1nccs1. The van der Waals surface area contributed by atoms with Crippen LogP contribution in [0.25, 0.3) is 0 Å². The lowest BCUT2D eigenvalue weighted by molar-refractivity contribution is -0.136. The average Bonchev–Trinajstić information content (AvgIpc) is 2.15. The molecule has 4 heteroatoms. The van der Waals surface area contributed by atoms with Gasteiger partial charge in [-0.2, -0.15) is 0 Å². The van der Waals surface area contributed by atoms with E-state index in [0.717, 1.165) is 0 Å². The van der Waals surface area contributed by atoms with Gasteiger partial charge in [0.25, 0.3) is 0 Å². The van der Waals surface area contributed by atoms with Crippen molar-refractivity contribution in [2.45, 2.75) is 6.42 Å². The van der Waals surface area contributed by atoms with E-state index in [0.29, 0.717) is 5.01 Å². The zero-order chi connectivity index (χ0) is 6.69. The molecule has 48 valence electrons. The summed E-state index contributed by atoms with van der Waals surface area (Å²) in [5, 5.41) is 10.7. The number of carbonyl (C=O) groups is 1. The standard InChI is InChI=1S/C5H5NO2S/c7-5(8)3-4-6-1-2-9-4/h1-2H,3H2,(H,7,8). The van der Waals surface area contributed by atoms with Gasteiger partial charge in [0.05, 0.1) is 6.42 Å². The minimum Gasteiger partial charge on any atom is -0.481 e. The van der Waals surface area contributed by atoms with E-state index in [2.05, 4.69) is 4.98 Å². The highest BCUT2D eigenvalue weighted by Gasteiger charge is 2.00. The quantitative estimate of drug-likeness (QED) is 0.665. The first-order valence-electron chi connectivity index (χ1n) is 2.39. The summed E-state index contributed by atoms with van der Waals surface area (Å²) in [6, 6.07) is 0. The number of thiazole rings is 1. The van der Waals surface area contributed by atoms with Crippen LogP contribution >= 0.6 is 11.3 Å². The number of carboxylic acid groups (broad SMARTS) is 1. The van der Waals surface area contributed by atoms with Crippen molar-refractivity contribution in [2.24, 2.45) is 0 Å². The van der Waals surface area contributed by atoms with Gasteiger partial charge >= 0.3 is 5.97 Å². The molecule has 1 heterocycles. The summed E-state index contributed by atoms with van der Waals surface area (Å²) in [5.41, 5.74) is 0. The van der Waals surface area contributed by atoms with Crippen molar-refractivity contribution in [2.75, 3.05) is 0 Å². The molecule has 0 saturated heterocycles. The van der Waals surface area contributed by atoms with Crippen LogP contribution in [0, 0.1) is 0 Å². The van der Waals surface area contributed by atoms with Gasteiger partial charge in [-0.1, -0.05) is 0 Å². The van der Waals surface area contributed by atoms with E-state index in [1.807, 2.05) is 0 Å². The van der Waals surface area contributed by atoms with Gasteiger partial charge in [0.15, 0.2) is 0 Å². The normalized spacial score (nSPS) is 9.33. The maximum absolute atomic E-state index is 10.0. The molecule has 1 aromatic heterocycles. The van der Waals surface area contributed by atoms with Gasteiger partial charge < -0.3 is 5.11 Å². The molecule has 0 unspecified atom stereocenters. The number of hydrogen-bond acceptors (Lipinski definition) is 3. The van der Waals surface area contributed by atoms with Crippen LogP contribution in [-0.2, 0) is 11.2 Å². The number of hydrogen-bond donors (Lipinski definition) is 1. The molecular formula is C5H5NO2S. The van der Waals surface area contributed by atoms with E-state index < -0.39 is 5.97 Å². The molecule has 0 aliphatic carbocycles. The molecule has 0 bridgehead atoms. The van der Waals surface area contributed by atoms with Gasteiger partial charge in [-0.25, -0.2) is 4.98 Å². The molecule has 1 N–H and O–H groups in total. The van der Waals surface area contributed by atoms with Crippen molar-refractivity contribution >= 4 is 17.3 Å². The zero-order valence-electron chi connectivity index (χ0n) is 4.57. The Morgan fingerprint density at radius 1 is 1.89 bits per heavy atom. The second-order valence-corrected chi connectivity index (χ2v) is 2.48. The van der Waals surface area contributed by atoms with Crippen molar-refractivity contribution < 1.29 is 9.90 Å². The van der Waals surface area contributed by atoms with Crippen LogP contribution < -0.4 is 0 Å². The smallest absolute Gasteiger partial charge is 0.310 e. The highest BCUT2D eigenvalue weighted by Crippen LogP contribution is 2.03. The Hall–Kier alpha value is -0.900. The average molecular weight is 143 g/mol. The maximum Gasteiger partial charge on any atom is 0.310 e. The first-order valence-corrected chi connectivity index (χ1v) is 3.27. The number of aliphatic carboxylic acids is 1. The fourth-order valence-electron chi connectivity index (χ4n) is 0.470. The third-order valence-corrected chi connectivity index (χ3v) is 1.57. The fraction of sp³-hybridized carbons (Fsp3) is 0.200. The largest absolute Gasteiger partial charge is 0.481 e. The Morgan fingerprint density at radius 2 is 2.67 bits per heavy atom. The molecule has 0 aromatic carbocycles. The Morgan fingerprint density at radius 3 is 3.11 bits per heavy atom. The van der Waals surface area contributed by atoms with E-state index in [1.54, 1.807) is 11.6 Å². The summed E-state index contributed by atoms with van der Waals surface area (Å²) in [6.45, 7) is 0. The monoisotopic (exact) mass is 143 g/mol. The van der Waals surface area contributed by atoms with E-state index in [1.165, 1.54) is 11.3 Å². The zero-order valence-corrected chi connectivity index (χ0v) is 5.39. The summed E-state index contributed by atoms with van der Waals surface area (Å²) in [7, 11) is 0. The molecular weight excluding hydrogens is 138 g/mol. The van der Waals surface area contributed by atoms with Gasteiger partial charge in [0.2, 0.25) is 0 Å². The number of aromatic nitrogens is 1. The first kappa shape index (κ1) is 6.22. The van der Waals surface area contributed by atoms with Crippen LogP contribution in [0.2, 0.25) is 0 Å². The van der Waals surface area contributed by atoms with Gasteiger partial charge in [0, 0.05) is 11.6 Å². The molecule has 1 aromatic rings. The summed E-state index contributed by atoms with van der Waals surface area (Å²) >= 11 is 1.36. The van der Waals surface area contributed by atoms with E-state index >= 15 is 0 Å². The molecule has 0 aliphatic rings. The van der Waals surface area contributed by atoms with Gasteiger partial charge in [-0.05, 0) is 0 Å². The summed E-state index contributed by atoms with van der Waals surface area (Å²) in [6.07, 6.45) is 1.64. The minimum atomic E-state index is -0.829. The van der Waals surface area contributed by atoms with E-state index in [4.69, 9.17) is 5.11 Å². The minimum absolute atomic E-state index is 0.0394. The lowest BCUT2D eigenvalue weighted by Crippen LogP contribution is -1.98. The summed E-state index contributed by atoms with van der Waals surface area (Å²) in [5.74, 6) is -0.829. The molecule has 0 atom stereocenters. The molecule has 1 rings (SSSR count). The fourth-order valence-corrected chi connectivity index (χ4v) is 1.08. The van der Waals surface area contributed by atoms with Gasteiger partial charge in [-0.3, -0.25) is 4.79 Å². The van der Waals surface area contributed by atoms with Crippen molar-refractivity contribution in [3.63, 3.8) is 0 Å². The maximum atomic E-state index is 10.0. The van der Waals surface area contributed by atoms with E-state index in [9.17, 15) is 4.79 Å². The molecule has 0 fully saturated rings. The Labute approximate surface area is 56.0 Å². The molecule has 9 heavy (non-hydrogen) atoms. The Kier molecular flexibility index (Phi) is 1.79. The van der Waals surface area contributed by atoms with Crippen molar-refractivity contribution in [3.8, 4) is 0 Å². The highest BCUT2D eigenvalue weighted by atomic mass is 32.1. The van der Waals surface area contributed by atoms with Crippen LogP contribution in [0.3, 0.4) is 0 Å². The van der Waals surface area contributed by atoms with Crippen LogP contribution in [0.1, 0.15) is 5.01 Å². The van der Waals surface area contributed by atoms with E-state index in [-0.39, 0.29) is 6.42 Å². The van der Waals surface area contributed by atoms with Gasteiger partial charge in [0.1, 0.15) is 5.01 Å². The summed E-state index contributed by atoms with van der Waals surface area (Å²) < 4.78 is 0. The Balaban J connectivity index is 2.58. The summed E-state index contributed by atoms with van der Waals surface area (Å²) in [4.78, 5) is 13.8. The van der Waals surface area contributed by atoms with Crippen LogP contribution in [-0.4, -0.2) is 16.1 Å². The van der Waals surface area contributed by atoms with Crippen molar-refractivity contribution in [3.05, 3.63) is 16.6 Å². The predicted molar refractivity (Wildman–Crippen MR) is 33.5 cm³/mol. The first-order chi connectivity index (χ1) is 4.29. The van der Waals surface area contributed by atoms with Crippen molar-refractivity contribution in [1.82, 2.24) is 4.98 Å². The topological polar surface area (TPSA) is 50.2 Å². The molecule has 0 radical (unpaired) electrons. The van der Waals surface area contributed by atoms with Crippen LogP contribution in [0.15, 0.2) is 11.6 Å². The second-order valence-electron chi connectivity index (χ2n) is 1.50. The van der Waals surface area contributed by atoms with Gasteiger partial charge in [-0.15, -0.1) is 11.3 Å². The Bertz CT molecular complexity index is 195. The molecule has 0 aliphatic heterocycles. The predicted octanol–water partition coefficient (Wildman–Crippen LogP) is 0.770. The molecule has 3 nitrogen and oxygen atoms in total. The molecule has 0 spiro atoms. The lowest BCUT2D eigenvalue weighted by atomic mass is 10.5. The number of nitrogens with zero attached hydrogens (tertiary/aromatic N) is 1. The molecule has 0 amide bonds. The highest BCUT2D eigenvalue weighted by molar-refractivity contribution is 7.09. The second kappa shape index (κ2) is 2.59. The van der Waals surface area contributed by atoms with Crippen LogP contribution in [0.5, 0.6) is 0 Å². The third kappa shape index (κ3) is 1.81. The van der Waals surface area contributed by atoms with Crippen molar-refractivity contribution in [1.29, 1.82) is 0 Å².